The molecule has 4 aromatic rings. The lowest BCUT2D eigenvalue weighted by Crippen LogP contribution is -2.77. The highest BCUT2D eigenvalue weighted by Crippen LogP contribution is 2.33. The third-order valence-corrected chi connectivity index (χ3v) is 26.8. The van der Waals surface area contributed by atoms with Crippen LogP contribution in [0.25, 0.3) is 0 Å². The molecular formula is C44H64O8Si4. The molecule has 0 N–H and O–H groups in total. The van der Waals surface area contributed by atoms with Crippen LogP contribution in [0.3, 0.4) is 0 Å². The maximum Gasteiger partial charge on any atom is 0.352 e. The van der Waals surface area contributed by atoms with Crippen molar-refractivity contribution in [3.8, 4) is 23.0 Å². The van der Waals surface area contributed by atoms with Gasteiger partial charge in [-0.2, -0.15) is 0 Å². The van der Waals surface area contributed by atoms with Crippen LogP contribution in [0.4, 0.5) is 0 Å². The summed E-state index contributed by atoms with van der Waals surface area (Å²) in [6.07, 6.45) is 0. The maximum absolute atomic E-state index is 7.62. The molecule has 5 rings (SSSR count). The van der Waals surface area contributed by atoms with Crippen LogP contribution in [0.2, 0.25) is 26.2 Å². The zero-order chi connectivity index (χ0) is 41.6. The molecule has 0 atom stereocenters. The Kier molecular flexibility index (Phi) is 12.2. The lowest BCUT2D eigenvalue weighted by molar-refractivity contribution is 0.130. The third kappa shape index (κ3) is 11.5. The smallest absolute Gasteiger partial charge is 0.352 e. The fraction of sp³-hybridized carbons (Fsp3) is 0.455. The van der Waals surface area contributed by atoms with Gasteiger partial charge in [0.25, 0.3) is 0 Å². The summed E-state index contributed by atoms with van der Waals surface area (Å²) in [5.74, 6) is 3.11. The van der Waals surface area contributed by atoms with Gasteiger partial charge in [-0.25, -0.2) is 0 Å². The molecule has 0 radical (unpaired) electrons. The number of benzene rings is 4. The van der Waals surface area contributed by atoms with Gasteiger partial charge in [-0.1, -0.05) is 48.5 Å². The van der Waals surface area contributed by atoms with Gasteiger partial charge in [0.15, 0.2) is 0 Å². The van der Waals surface area contributed by atoms with E-state index in [4.69, 9.17) is 35.4 Å². The number of hydrogen-bond donors (Lipinski definition) is 0. The first kappa shape index (κ1) is 43.9. The van der Waals surface area contributed by atoms with E-state index in [2.05, 4.69) is 74.7 Å². The van der Waals surface area contributed by atoms with Crippen molar-refractivity contribution in [3.05, 3.63) is 97.1 Å². The standard InChI is InChI=1S/C44H64O8Si4/c1-41(2,3)45-33-17-25-37(26-18-33)53(13)49-54(14,38-27-19-34(20-28-38)46-42(4,5)6)51-56(16,40-31-23-36(24-32-40)48-44(10,11)12)52-55(15,50-53)39-29-21-35(22-30-39)47-43(7,8)9/h17-32H,1-16H3. The van der Waals surface area contributed by atoms with Gasteiger partial charge in [-0.05, 0) is 179 Å². The molecule has 0 unspecified atom stereocenters. The maximum atomic E-state index is 7.62. The molecule has 0 aliphatic carbocycles. The zero-order valence-corrected chi connectivity index (χ0v) is 40.5. The molecular weight excluding hydrogens is 769 g/mol. The van der Waals surface area contributed by atoms with Gasteiger partial charge in [0.2, 0.25) is 0 Å². The van der Waals surface area contributed by atoms with Crippen molar-refractivity contribution in [2.24, 2.45) is 0 Å². The Morgan fingerprint density at radius 2 is 0.429 bits per heavy atom. The fourth-order valence-electron chi connectivity index (χ4n) is 6.76. The first-order chi connectivity index (χ1) is 25.6. The molecule has 0 amide bonds. The Bertz CT molecular complexity index is 1630. The molecule has 12 heteroatoms. The summed E-state index contributed by atoms with van der Waals surface area (Å²) in [7, 11) is -13.4. The average Bonchev–Trinajstić information content (AvgIpc) is 3.02. The van der Waals surface area contributed by atoms with Crippen molar-refractivity contribution in [3.63, 3.8) is 0 Å². The summed E-state index contributed by atoms with van der Waals surface area (Å²) < 4.78 is 55.4. The van der Waals surface area contributed by atoms with Gasteiger partial charge in [0, 0.05) is 0 Å². The lowest BCUT2D eigenvalue weighted by atomic mass is 10.2. The fourth-order valence-corrected chi connectivity index (χ4v) is 27.7. The van der Waals surface area contributed by atoms with E-state index in [1.165, 1.54) is 0 Å². The van der Waals surface area contributed by atoms with Crippen LogP contribution in [0.1, 0.15) is 83.1 Å². The van der Waals surface area contributed by atoms with Gasteiger partial charge in [-0.3, -0.25) is 0 Å². The molecule has 0 bridgehead atoms. The summed E-state index contributed by atoms with van der Waals surface area (Å²) in [4.78, 5) is 0. The van der Waals surface area contributed by atoms with E-state index < -0.39 is 34.2 Å². The van der Waals surface area contributed by atoms with Gasteiger partial charge in [-0.15, -0.1) is 0 Å². The molecule has 8 nitrogen and oxygen atoms in total. The number of hydrogen-bond acceptors (Lipinski definition) is 8. The van der Waals surface area contributed by atoms with Crippen LogP contribution < -0.4 is 39.7 Å². The first-order valence-electron chi connectivity index (χ1n) is 19.6. The Morgan fingerprint density at radius 1 is 0.286 bits per heavy atom. The predicted octanol–water partition coefficient (Wildman–Crippen LogP) is 8.69. The summed E-state index contributed by atoms with van der Waals surface area (Å²) in [5, 5.41) is 3.82. The number of rotatable bonds is 8. The van der Waals surface area contributed by atoms with E-state index in [9.17, 15) is 0 Å². The molecule has 0 saturated carbocycles. The van der Waals surface area contributed by atoms with E-state index in [0.717, 1.165) is 43.7 Å². The molecule has 4 aromatic carbocycles. The molecule has 304 valence electrons. The normalized spacial score (nSPS) is 25.1. The molecule has 56 heavy (non-hydrogen) atoms. The summed E-state index contributed by atoms with van der Waals surface area (Å²) >= 11 is 0. The molecule has 0 spiro atoms. The summed E-state index contributed by atoms with van der Waals surface area (Å²) in [6, 6.07) is 32.6. The van der Waals surface area contributed by atoms with E-state index in [-0.39, 0.29) is 22.4 Å². The second kappa shape index (κ2) is 15.5. The van der Waals surface area contributed by atoms with Crippen LogP contribution in [0, 0.1) is 0 Å². The van der Waals surface area contributed by atoms with Crippen LogP contribution in [-0.2, 0) is 16.5 Å². The second-order valence-corrected chi connectivity index (χ2v) is 32.3. The van der Waals surface area contributed by atoms with Crippen LogP contribution in [0.5, 0.6) is 23.0 Å². The highest BCUT2D eigenvalue weighted by molar-refractivity contribution is 7.05. The number of ether oxygens (including phenoxy) is 4. The molecule has 1 saturated heterocycles. The van der Waals surface area contributed by atoms with Crippen molar-refractivity contribution in [2.45, 2.75) is 132 Å². The first-order valence-corrected chi connectivity index (χ1v) is 28.8. The third-order valence-electron chi connectivity index (χ3n) is 8.77. The Hall–Kier alpha value is -3.21. The van der Waals surface area contributed by atoms with Crippen molar-refractivity contribution in [2.75, 3.05) is 0 Å². The van der Waals surface area contributed by atoms with E-state index in [1.54, 1.807) is 0 Å². The van der Waals surface area contributed by atoms with E-state index in [0.29, 0.717) is 0 Å². The quantitative estimate of drug-likeness (QED) is 0.164. The average molecular weight is 833 g/mol. The van der Waals surface area contributed by atoms with Crippen LogP contribution >= 0.6 is 0 Å². The Labute approximate surface area is 340 Å². The lowest BCUT2D eigenvalue weighted by Gasteiger charge is -2.50. The largest absolute Gasteiger partial charge is 0.488 e. The SMILES string of the molecule is CC(C)(C)Oc1ccc([Si]2(C)O[Si](C)(c3ccc(OC(C)(C)C)cc3)O[Si](C)(c3ccc(OC(C)(C)C)cc3)O[Si](C)(c3ccc(OC(C)(C)C)cc3)O2)cc1. The molecule has 0 aromatic heterocycles. The minimum absolute atomic E-state index is 0.341. The monoisotopic (exact) mass is 832 g/mol. The highest BCUT2D eigenvalue weighted by Gasteiger charge is 2.60. The van der Waals surface area contributed by atoms with Crippen molar-refractivity contribution >= 4 is 55.0 Å². The van der Waals surface area contributed by atoms with Crippen LogP contribution in [0.15, 0.2) is 97.1 Å². The highest BCUT2D eigenvalue weighted by atomic mass is 28.5. The van der Waals surface area contributed by atoms with Crippen molar-refractivity contribution in [1.82, 2.24) is 0 Å². The topological polar surface area (TPSA) is 73.8 Å². The molecule has 1 heterocycles. The summed E-state index contributed by atoms with van der Waals surface area (Å²) in [6.45, 7) is 33.0. The van der Waals surface area contributed by atoms with Crippen molar-refractivity contribution < 1.29 is 35.4 Å². The second-order valence-electron chi connectivity index (χ2n) is 19.1. The van der Waals surface area contributed by atoms with Gasteiger partial charge in [0.05, 0.1) is 0 Å². The molecule has 1 aliphatic rings. The predicted molar refractivity (Wildman–Crippen MR) is 237 cm³/mol. The Balaban J connectivity index is 1.69. The van der Waals surface area contributed by atoms with Gasteiger partial charge < -0.3 is 35.4 Å². The summed E-state index contributed by atoms with van der Waals surface area (Å²) in [5.41, 5.74) is -1.36. The van der Waals surface area contributed by atoms with Crippen LogP contribution in [-0.4, -0.2) is 56.6 Å². The zero-order valence-electron chi connectivity index (χ0n) is 36.5. The minimum atomic E-state index is -3.36. The Morgan fingerprint density at radius 3 is 0.554 bits per heavy atom. The van der Waals surface area contributed by atoms with Gasteiger partial charge in [0.1, 0.15) is 45.4 Å². The van der Waals surface area contributed by atoms with E-state index in [1.807, 2.05) is 132 Å². The minimum Gasteiger partial charge on any atom is -0.488 e. The molecule has 1 fully saturated rings. The molecule has 1 aliphatic heterocycles. The van der Waals surface area contributed by atoms with E-state index >= 15 is 0 Å². The van der Waals surface area contributed by atoms with Crippen molar-refractivity contribution in [1.29, 1.82) is 0 Å². The van der Waals surface area contributed by atoms with Gasteiger partial charge >= 0.3 is 34.2 Å².